The molecule has 2 N–H and O–H groups in total. The van der Waals surface area contributed by atoms with Crippen LogP contribution in [0, 0.1) is 17.3 Å². The Balaban J connectivity index is 1.54. The number of halogens is 1. The third-order valence-corrected chi connectivity index (χ3v) is 5.87. The van der Waals surface area contributed by atoms with Gasteiger partial charge in [-0.1, -0.05) is 0 Å². The van der Waals surface area contributed by atoms with Crippen LogP contribution >= 0.6 is 11.6 Å². The van der Waals surface area contributed by atoms with Crippen LogP contribution < -0.4 is 10.6 Å². The van der Waals surface area contributed by atoms with E-state index in [0.29, 0.717) is 18.3 Å². The van der Waals surface area contributed by atoms with Crippen molar-refractivity contribution >= 4 is 29.5 Å². The molecular weight excluding hydrogens is 332 g/mol. The zero-order valence-corrected chi connectivity index (χ0v) is 14.9. The molecule has 0 saturated heterocycles. The number of carbonyl (C=O) groups excluding carboxylic acids is 3. The quantitative estimate of drug-likeness (QED) is 0.598. The van der Waals surface area contributed by atoms with E-state index in [0.717, 1.165) is 32.1 Å². The minimum absolute atomic E-state index is 0.0766. The fourth-order valence-corrected chi connectivity index (χ4v) is 5.83. The molecule has 4 bridgehead atoms. The van der Waals surface area contributed by atoms with Crippen LogP contribution in [-0.2, 0) is 14.3 Å². The lowest BCUT2D eigenvalue weighted by molar-refractivity contribution is -0.171. The maximum absolute atomic E-state index is 12.6. The van der Waals surface area contributed by atoms with Gasteiger partial charge in [0.2, 0.25) is 0 Å². The summed E-state index contributed by atoms with van der Waals surface area (Å²) in [5, 5.41) is 4.70. The van der Waals surface area contributed by atoms with Crippen LogP contribution in [0.25, 0.3) is 0 Å². The molecule has 4 fully saturated rings. The highest BCUT2D eigenvalue weighted by molar-refractivity contribution is 6.24. The third-order valence-electron chi connectivity index (χ3n) is 5.43. The number of imide groups is 1. The fourth-order valence-electron chi connectivity index (χ4n) is 5.13. The number of nitrogens with one attached hydrogen (secondary N) is 2. The summed E-state index contributed by atoms with van der Waals surface area (Å²) in [5.41, 5.74) is -0.535. The van der Waals surface area contributed by atoms with E-state index >= 15 is 0 Å². The van der Waals surface area contributed by atoms with Crippen LogP contribution in [0.1, 0.15) is 52.4 Å². The van der Waals surface area contributed by atoms with Crippen molar-refractivity contribution in [2.24, 2.45) is 17.3 Å². The Morgan fingerprint density at radius 2 is 1.79 bits per heavy atom. The molecule has 0 aromatic carbocycles. The Morgan fingerprint density at radius 1 is 1.17 bits per heavy atom. The number of hydrogen-bond acceptors (Lipinski definition) is 4. The van der Waals surface area contributed by atoms with Crippen molar-refractivity contribution in [3.63, 3.8) is 0 Å². The molecule has 4 aliphatic rings. The molecule has 0 aliphatic heterocycles. The topological polar surface area (TPSA) is 84.5 Å². The zero-order chi connectivity index (χ0) is 17.5. The van der Waals surface area contributed by atoms with Gasteiger partial charge in [-0.25, -0.2) is 4.79 Å². The van der Waals surface area contributed by atoms with Crippen LogP contribution in [-0.4, -0.2) is 35.4 Å². The number of rotatable bonds is 4. The van der Waals surface area contributed by atoms with Gasteiger partial charge in [-0.3, -0.25) is 14.9 Å². The summed E-state index contributed by atoms with van der Waals surface area (Å²) in [6, 6.07) is -0.659. The summed E-state index contributed by atoms with van der Waals surface area (Å²) in [5.74, 6) is 0.0248. The molecule has 6 nitrogen and oxygen atoms in total. The summed E-state index contributed by atoms with van der Waals surface area (Å²) < 4.78 is 5.25. The van der Waals surface area contributed by atoms with Crippen LogP contribution in [0.2, 0.25) is 0 Å². The molecule has 4 rings (SSSR count). The van der Waals surface area contributed by atoms with Crippen molar-refractivity contribution in [3.05, 3.63) is 0 Å². The van der Waals surface area contributed by atoms with Gasteiger partial charge >= 0.3 is 12.0 Å². The normalized spacial score (nSPS) is 36.5. The minimum Gasteiger partial charge on any atom is -0.455 e. The zero-order valence-electron chi connectivity index (χ0n) is 14.2. The van der Waals surface area contributed by atoms with Crippen LogP contribution in [0.5, 0.6) is 0 Å². The molecule has 24 heavy (non-hydrogen) atoms. The molecule has 3 amide bonds. The lowest BCUT2D eigenvalue weighted by atomic mass is 9.49. The number of esters is 1. The van der Waals surface area contributed by atoms with Crippen molar-refractivity contribution in [3.8, 4) is 0 Å². The molecule has 4 aliphatic carbocycles. The first-order valence-electron chi connectivity index (χ1n) is 8.66. The molecule has 0 radical (unpaired) electrons. The minimum atomic E-state index is -0.619. The van der Waals surface area contributed by atoms with Crippen molar-refractivity contribution in [1.29, 1.82) is 0 Å². The summed E-state index contributed by atoms with van der Waals surface area (Å²) in [6.45, 7) is 3.15. The van der Waals surface area contributed by atoms with E-state index in [1.807, 2.05) is 0 Å². The summed E-state index contributed by atoms with van der Waals surface area (Å²) in [6.07, 6.45) is 5.38. The van der Waals surface area contributed by atoms with Gasteiger partial charge in [-0.05, 0) is 64.2 Å². The fraction of sp³-hybridized carbons (Fsp3) is 0.824. The maximum atomic E-state index is 12.6. The molecule has 2 unspecified atom stereocenters. The van der Waals surface area contributed by atoms with Gasteiger partial charge < -0.3 is 10.1 Å². The first-order chi connectivity index (χ1) is 11.2. The molecule has 134 valence electrons. The molecule has 0 aromatic rings. The molecule has 0 aromatic heterocycles. The van der Waals surface area contributed by atoms with Crippen molar-refractivity contribution in [2.45, 2.75) is 63.3 Å². The Kier molecular flexibility index (Phi) is 4.53. The predicted molar refractivity (Wildman–Crippen MR) is 88.5 cm³/mol. The van der Waals surface area contributed by atoms with E-state index in [9.17, 15) is 14.4 Å². The average Bonchev–Trinajstić information content (AvgIpc) is 2.40. The monoisotopic (exact) mass is 356 g/mol. The second-order valence-electron chi connectivity index (χ2n) is 8.14. The van der Waals surface area contributed by atoms with E-state index in [4.69, 9.17) is 16.3 Å². The van der Waals surface area contributed by atoms with E-state index in [1.165, 1.54) is 0 Å². The highest BCUT2D eigenvalue weighted by Gasteiger charge is 2.60. The SMILES string of the molecule is CC(C)NC(=O)NC(=O)COC(=O)C12CC3CC(CC(Cl)(C3)C1)C2. The van der Waals surface area contributed by atoms with Crippen LogP contribution in [0.4, 0.5) is 4.79 Å². The van der Waals surface area contributed by atoms with E-state index in [-0.39, 0.29) is 16.9 Å². The molecule has 4 saturated carbocycles. The average molecular weight is 357 g/mol. The molecule has 0 spiro atoms. The Bertz CT molecular complexity index is 549. The van der Waals surface area contributed by atoms with Gasteiger partial charge in [0, 0.05) is 10.9 Å². The number of hydrogen-bond donors (Lipinski definition) is 2. The van der Waals surface area contributed by atoms with E-state index in [2.05, 4.69) is 10.6 Å². The standard InChI is InChI=1S/C17H25ClN2O4/c1-10(2)19-15(23)20-13(21)8-24-14(22)16-4-11-3-12(5-16)7-17(18,6-11)9-16/h10-12H,3-9H2,1-2H3,(H2,19,20,21,23). The van der Waals surface area contributed by atoms with Gasteiger partial charge in [0.15, 0.2) is 6.61 Å². The first-order valence-corrected chi connectivity index (χ1v) is 9.04. The largest absolute Gasteiger partial charge is 0.455 e. The molecule has 2 atom stereocenters. The smallest absolute Gasteiger partial charge is 0.321 e. The van der Waals surface area contributed by atoms with E-state index < -0.39 is 24.0 Å². The number of ether oxygens (including phenoxy) is 1. The second-order valence-corrected chi connectivity index (χ2v) is 8.95. The van der Waals surface area contributed by atoms with Crippen molar-refractivity contribution in [1.82, 2.24) is 10.6 Å². The third kappa shape index (κ3) is 3.53. The van der Waals surface area contributed by atoms with Crippen LogP contribution in [0.15, 0.2) is 0 Å². The van der Waals surface area contributed by atoms with Gasteiger partial charge in [-0.15, -0.1) is 11.6 Å². The first kappa shape index (κ1) is 17.5. The number of amides is 3. The van der Waals surface area contributed by atoms with Gasteiger partial charge in [0.05, 0.1) is 5.41 Å². The Labute approximate surface area is 147 Å². The van der Waals surface area contributed by atoms with Gasteiger partial charge in [0.25, 0.3) is 5.91 Å². The van der Waals surface area contributed by atoms with Gasteiger partial charge in [0.1, 0.15) is 0 Å². The molecule has 0 heterocycles. The summed E-state index contributed by atoms with van der Waals surface area (Å²) in [7, 11) is 0. The van der Waals surface area contributed by atoms with Crippen molar-refractivity contribution in [2.75, 3.05) is 6.61 Å². The van der Waals surface area contributed by atoms with Crippen LogP contribution in [0.3, 0.4) is 0 Å². The predicted octanol–water partition coefficient (Wildman–Crippen LogP) is 2.34. The summed E-state index contributed by atoms with van der Waals surface area (Å²) in [4.78, 5) is 35.6. The van der Waals surface area contributed by atoms with Crippen molar-refractivity contribution < 1.29 is 19.1 Å². The van der Waals surface area contributed by atoms with Gasteiger partial charge in [-0.2, -0.15) is 0 Å². The number of urea groups is 1. The summed E-state index contributed by atoms with van der Waals surface area (Å²) >= 11 is 6.70. The number of alkyl halides is 1. The highest BCUT2D eigenvalue weighted by Crippen LogP contribution is 2.64. The Hall–Kier alpha value is -1.30. The number of carbonyl (C=O) groups is 3. The van der Waals surface area contributed by atoms with E-state index in [1.54, 1.807) is 13.8 Å². The second kappa shape index (κ2) is 6.21. The highest BCUT2D eigenvalue weighted by atomic mass is 35.5. The Morgan fingerprint density at radius 3 is 2.33 bits per heavy atom. The maximum Gasteiger partial charge on any atom is 0.321 e. The molecule has 7 heteroatoms. The molecular formula is C17H25ClN2O4. The lowest BCUT2D eigenvalue weighted by Crippen LogP contribution is -2.56. The lowest BCUT2D eigenvalue weighted by Gasteiger charge is -2.58.